The Bertz CT molecular complexity index is 485. The Labute approximate surface area is 127 Å². The first-order chi connectivity index (χ1) is 10.3. The molecule has 1 aromatic heterocycles. The highest BCUT2D eigenvalue weighted by molar-refractivity contribution is 5.30. The van der Waals surface area contributed by atoms with Crippen LogP contribution in [0.25, 0.3) is 0 Å². The maximum atomic E-state index is 9.88. The molecule has 0 amide bonds. The van der Waals surface area contributed by atoms with Crippen LogP contribution in [0.3, 0.4) is 0 Å². The molecule has 0 bridgehead atoms. The summed E-state index contributed by atoms with van der Waals surface area (Å²) in [4.78, 5) is 4.43. The molecule has 2 atom stereocenters. The first kappa shape index (κ1) is 16.0. The number of aliphatic hydroxyl groups excluding tert-OH is 1. The number of aliphatic hydroxyl groups is 1. The number of ether oxygens (including phenoxy) is 1. The zero-order valence-electron chi connectivity index (χ0n) is 12.8. The second-order valence-corrected chi connectivity index (χ2v) is 5.61. The topological polar surface area (TPSA) is 45.6 Å². The molecule has 21 heavy (non-hydrogen) atoms. The van der Waals surface area contributed by atoms with Crippen LogP contribution in [0.5, 0.6) is 0 Å². The van der Waals surface area contributed by atoms with Gasteiger partial charge in [-0.2, -0.15) is 0 Å². The summed E-state index contributed by atoms with van der Waals surface area (Å²) in [6.07, 6.45) is 7.75. The number of rotatable bonds is 8. The number of unbranched alkanes of at least 4 members (excludes halogenated alkanes) is 5. The Balaban J connectivity index is 1.70. The summed E-state index contributed by atoms with van der Waals surface area (Å²) >= 11 is 0. The van der Waals surface area contributed by atoms with Gasteiger partial charge in [0, 0.05) is 0 Å². The van der Waals surface area contributed by atoms with Gasteiger partial charge in [0.2, 0.25) is 0 Å². The van der Waals surface area contributed by atoms with Crippen LogP contribution < -0.4 is 0 Å². The van der Waals surface area contributed by atoms with Crippen molar-refractivity contribution in [2.24, 2.45) is 0 Å². The van der Waals surface area contributed by atoms with Crippen LogP contribution in [0.1, 0.15) is 69.4 Å². The van der Waals surface area contributed by atoms with E-state index in [9.17, 15) is 5.11 Å². The molecule has 3 heteroatoms. The van der Waals surface area contributed by atoms with E-state index in [4.69, 9.17) is 4.74 Å². The fourth-order valence-electron chi connectivity index (χ4n) is 2.27. The number of nitrogens with zero attached hydrogens (tertiary/aromatic N) is 1. The fourth-order valence-corrected chi connectivity index (χ4v) is 2.27. The summed E-state index contributed by atoms with van der Waals surface area (Å²) in [5.41, 5.74) is 1.65. The van der Waals surface area contributed by atoms with Crippen molar-refractivity contribution in [1.82, 2.24) is 4.98 Å². The maximum absolute atomic E-state index is 9.88. The predicted molar refractivity (Wildman–Crippen MR) is 83.8 cm³/mol. The maximum Gasteiger partial charge on any atom is 0.123 e. The Hall–Kier alpha value is -1.37. The molecule has 2 rings (SSSR count). The van der Waals surface area contributed by atoms with Crippen molar-refractivity contribution in [2.75, 3.05) is 6.61 Å². The third kappa shape index (κ3) is 6.29. The smallest absolute Gasteiger partial charge is 0.123 e. The Morgan fingerprint density at radius 1 is 1.29 bits per heavy atom. The van der Waals surface area contributed by atoms with Gasteiger partial charge in [0.1, 0.15) is 17.9 Å². The Kier molecular flexibility index (Phi) is 6.72. The van der Waals surface area contributed by atoms with Crippen LogP contribution >= 0.6 is 0 Å². The molecule has 0 radical (unpaired) electrons. The van der Waals surface area contributed by atoms with Crippen molar-refractivity contribution >= 4 is 0 Å². The molecule has 114 valence electrons. The van der Waals surface area contributed by atoms with Gasteiger partial charge < -0.3 is 9.84 Å². The molecule has 0 aromatic carbocycles. The summed E-state index contributed by atoms with van der Waals surface area (Å²) in [5, 5.41) is 9.88. The highest BCUT2D eigenvalue weighted by atomic mass is 16.6. The highest BCUT2D eigenvalue weighted by Gasteiger charge is 2.26. The van der Waals surface area contributed by atoms with Crippen molar-refractivity contribution < 1.29 is 9.84 Å². The second kappa shape index (κ2) is 8.81. The molecule has 1 fully saturated rings. The van der Waals surface area contributed by atoms with Crippen molar-refractivity contribution in [3.63, 3.8) is 0 Å². The van der Waals surface area contributed by atoms with E-state index in [-0.39, 0.29) is 6.10 Å². The SMILES string of the molecule is CCCCCCCCC(O)C#Cc1cccc(C2CO2)n1. The number of hydrogen-bond acceptors (Lipinski definition) is 3. The molecule has 0 aliphatic carbocycles. The molecular weight excluding hydrogens is 262 g/mol. The van der Waals surface area contributed by atoms with Gasteiger partial charge in [-0.1, -0.05) is 51.0 Å². The third-order valence-electron chi connectivity index (χ3n) is 3.63. The van der Waals surface area contributed by atoms with Gasteiger partial charge in [-0.05, 0) is 30.9 Å². The molecule has 0 saturated carbocycles. The van der Waals surface area contributed by atoms with E-state index in [0.717, 1.165) is 25.1 Å². The van der Waals surface area contributed by atoms with Crippen LogP contribution in [0.4, 0.5) is 0 Å². The van der Waals surface area contributed by atoms with E-state index < -0.39 is 6.10 Å². The lowest BCUT2D eigenvalue weighted by Crippen LogP contribution is -2.02. The quantitative estimate of drug-likeness (QED) is 0.451. The second-order valence-electron chi connectivity index (χ2n) is 5.61. The van der Waals surface area contributed by atoms with Crippen molar-refractivity contribution in [2.45, 2.75) is 64.1 Å². The molecule has 0 spiro atoms. The standard InChI is InChI=1S/C18H25NO2/c1-2-3-4-5-6-7-10-16(20)13-12-15-9-8-11-17(19-15)18-14-21-18/h8-9,11,16,18,20H,2-7,10,14H2,1H3. The molecule has 2 heterocycles. The van der Waals surface area contributed by atoms with E-state index in [0.29, 0.717) is 5.69 Å². The molecule has 1 N–H and O–H groups in total. The monoisotopic (exact) mass is 287 g/mol. The predicted octanol–water partition coefficient (Wildman–Crippen LogP) is 3.62. The molecule has 1 aromatic rings. The van der Waals surface area contributed by atoms with Gasteiger partial charge >= 0.3 is 0 Å². The van der Waals surface area contributed by atoms with Gasteiger partial charge in [0.15, 0.2) is 0 Å². The van der Waals surface area contributed by atoms with Gasteiger partial charge in [0.25, 0.3) is 0 Å². The number of epoxide rings is 1. The normalized spacial score (nSPS) is 17.9. The Morgan fingerprint density at radius 3 is 2.81 bits per heavy atom. The number of pyridine rings is 1. The van der Waals surface area contributed by atoms with Gasteiger partial charge in [-0.15, -0.1) is 0 Å². The van der Waals surface area contributed by atoms with Crippen molar-refractivity contribution in [3.8, 4) is 11.8 Å². The summed E-state index contributed by atoms with van der Waals surface area (Å²) < 4.78 is 5.21. The Morgan fingerprint density at radius 2 is 2.05 bits per heavy atom. The van der Waals surface area contributed by atoms with E-state index in [1.165, 1.54) is 32.1 Å². The zero-order chi connectivity index (χ0) is 14.9. The van der Waals surface area contributed by atoms with E-state index in [1.54, 1.807) is 0 Å². The van der Waals surface area contributed by atoms with Crippen LogP contribution in [0, 0.1) is 11.8 Å². The minimum absolute atomic E-state index is 0.153. The van der Waals surface area contributed by atoms with Gasteiger partial charge in [-0.25, -0.2) is 4.98 Å². The molecule has 1 saturated heterocycles. The first-order valence-corrected chi connectivity index (χ1v) is 8.07. The summed E-state index contributed by atoms with van der Waals surface area (Å²) in [6, 6.07) is 5.76. The minimum Gasteiger partial charge on any atom is -0.380 e. The molecule has 1 aliphatic heterocycles. The van der Waals surface area contributed by atoms with Gasteiger partial charge in [0.05, 0.1) is 12.3 Å². The average molecular weight is 287 g/mol. The number of hydrogen-bond donors (Lipinski definition) is 1. The van der Waals surface area contributed by atoms with E-state index in [1.807, 2.05) is 18.2 Å². The van der Waals surface area contributed by atoms with Crippen LogP contribution in [-0.4, -0.2) is 22.8 Å². The molecule has 3 nitrogen and oxygen atoms in total. The minimum atomic E-state index is -0.543. The van der Waals surface area contributed by atoms with E-state index >= 15 is 0 Å². The van der Waals surface area contributed by atoms with Crippen LogP contribution in [0.15, 0.2) is 18.2 Å². The molecule has 2 unspecified atom stereocenters. The fraction of sp³-hybridized carbons (Fsp3) is 0.611. The number of aromatic nitrogens is 1. The van der Waals surface area contributed by atoms with Crippen LogP contribution in [0.2, 0.25) is 0 Å². The lowest BCUT2D eigenvalue weighted by molar-refractivity contribution is 0.217. The molecular formula is C18H25NO2. The summed E-state index contributed by atoms with van der Waals surface area (Å²) in [7, 11) is 0. The summed E-state index contributed by atoms with van der Waals surface area (Å²) in [6.45, 7) is 2.97. The van der Waals surface area contributed by atoms with Crippen molar-refractivity contribution in [1.29, 1.82) is 0 Å². The summed E-state index contributed by atoms with van der Waals surface area (Å²) in [5.74, 6) is 5.85. The third-order valence-corrected chi connectivity index (χ3v) is 3.63. The average Bonchev–Trinajstić information content (AvgIpc) is 3.34. The van der Waals surface area contributed by atoms with Crippen molar-refractivity contribution in [3.05, 3.63) is 29.6 Å². The van der Waals surface area contributed by atoms with Crippen LogP contribution in [-0.2, 0) is 4.74 Å². The zero-order valence-corrected chi connectivity index (χ0v) is 12.8. The highest BCUT2D eigenvalue weighted by Crippen LogP contribution is 2.27. The largest absolute Gasteiger partial charge is 0.380 e. The van der Waals surface area contributed by atoms with E-state index in [2.05, 4.69) is 23.7 Å². The molecule has 1 aliphatic rings. The lowest BCUT2D eigenvalue weighted by atomic mass is 10.1. The first-order valence-electron chi connectivity index (χ1n) is 8.07. The van der Waals surface area contributed by atoms with Gasteiger partial charge in [-0.3, -0.25) is 0 Å². The lowest BCUT2D eigenvalue weighted by Gasteiger charge is -2.03.